The zero-order chi connectivity index (χ0) is 10.8. The Morgan fingerprint density at radius 3 is 2.33 bits per heavy atom. The Kier molecular flexibility index (Phi) is 12.7. The van der Waals surface area contributed by atoms with Crippen LogP contribution in [0.2, 0.25) is 0 Å². The van der Waals surface area contributed by atoms with Crippen LogP contribution < -0.4 is 0 Å². The van der Waals surface area contributed by atoms with Crippen LogP contribution in [0.4, 0.5) is 0 Å². The molecule has 85 valence electrons. The van der Waals surface area contributed by atoms with Gasteiger partial charge in [0.05, 0.1) is 6.10 Å². The van der Waals surface area contributed by atoms with E-state index in [1.807, 2.05) is 13.6 Å². The van der Waals surface area contributed by atoms with Gasteiger partial charge in [-0.25, -0.2) is 0 Å². The van der Waals surface area contributed by atoms with E-state index in [4.69, 9.17) is 14.3 Å². The molecule has 1 aliphatic carbocycles. The molecule has 1 radical (unpaired) electrons. The van der Waals surface area contributed by atoms with E-state index in [9.17, 15) is 0 Å². The summed E-state index contributed by atoms with van der Waals surface area (Å²) in [4.78, 5) is 16.0. The molecular formula is C11H16MnO3. The van der Waals surface area contributed by atoms with E-state index < -0.39 is 0 Å². The van der Waals surface area contributed by atoms with Gasteiger partial charge in [-0.2, -0.15) is 0 Å². The van der Waals surface area contributed by atoms with Gasteiger partial charge >= 0.3 is 0 Å². The molecule has 2 rings (SSSR count). The number of hydrogen-bond acceptors (Lipinski definition) is 3. The third kappa shape index (κ3) is 5.67. The summed E-state index contributed by atoms with van der Waals surface area (Å²) in [5, 5.41) is 0. The molecule has 2 aliphatic rings. The van der Waals surface area contributed by atoms with Crippen LogP contribution in [-0.2, 0) is 31.4 Å². The van der Waals surface area contributed by atoms with Crippen LogP contribution in [0.3, 0.4) is 0 Å². The first-order valence-corrected chi connectivity index (χ1v) is 4.52. The fourth-order valence-corrected chi connectivity index (χ4v) is 1.57. The van der Waals surface area contributed by atoms with Gasteiger partial charge < -0.3 is 14.3 Å². The summed E-state index contributed by atoms with van der Waals surface area (Å²) in [6.45, 7) is 4.96. The van der Waals surface area contributed by atoms with Gasteiger partial charge in [-0.3, -0.25) is 0 Å². The van der Waals surface area contributed by atoms with E-state index in [0.29, 0.717) is 6.10 Å². The molecular weight excluding hydrogens is 235 g/mol. The average molecular weight is 251 g/mol. The third-order valence-electron chi connectivity index (χ3n) is 2.14. The van der Waals surface area contributed by atoms with Crippen molar-refractivity contribution in [3.05, 3.63) is 23.8 Å². The van der Waals surface area contributed by atoms with Gasteiger partial charge in [0.25, 0.3) is 0 Å². The summed E-state index contributed by atoms with van der Waals surface area (Å²) in [6.07, 6.45) is 10.5. The van der Waals surface area contributed by atoms with Crippen LogP contribution in [0.1, 0.15) is 19.3 Å². The number of carbonyl (C=O) groups is 2. The van der Waals surface area contributed by atoms with E-state index in [1.165, 1.54) is 18.4 Å². The maximum absolute atomic E-state index is 8.00. The Morgan fingerprint density at radius 2 is 1.93 bits per heavy atom. The molecule has 1 unspecified atom stereocenters. The van der Waals surface area contributed by atoms with Crippen molar-refractivity contribution in [3.8, 4) is 0 Å². The molecule has 15 heavy (non-hydrogen) atoms. The molecule has 4 heteroatoms. The monoisotopic (exact) mass is 251 g/mol. The van der Waals surface area contributed by atoms with Crippen molar-refractivity contribution in [1.29, 1.82) is 0 Å². The standard InChI is InChI=1S/C9H12O.2CH2O.Mn/c1-2-5-8(4-1)9-6-3-7-10-9;2*1-2;/h1-2,4,9H,3,5-7H2;2*1H2;. The number of allylic oxidation sites excluding steroid dienone is 3. The Bertz CT molecular complexity index is 206. The summed E-state index contributed by atoms with van der Waals surface area (Å²) in [5.41, 5.74) is 1.47. The maximum atomic E-state index is 8.00. The molecule has 0 spiro atoms. The molecule has 0 saturated carbocycles. The Hall–Kier alpha value is -0.701. The van der Waals surface area contributed by atoms with Gasteiger partial charge in [-0.15, -0.1) is 0 Å². The van der Waals surface area contributed by atoms with Crippen molar-refractivity contribution in [3.63, 3.8) is 0 Å². The molecule has 0 bridgehead atoms. The van der Waals surface area contributed by atoms with Crippen LogP contribution in [0.25, 0.3) is 0 Å². The first-order chi connectivity index (χ1) is 6.97. The number of hydrogen-bond donors (Lipinski definition) is 0. The third-order valence-corrected chi connectivity index (χ3v) is 2.14. The topological polar surface area (TPSA) is 43.4 Å². The smallest absolute Gasteiger partial charge is 0.106 e. The van der Waals surface area contributed by atoms with Gasteiger partial charge in [-0.1, -0.05) is 18.2 Å². The summed E-state index contributed by atoms with van der Waals surface area (Å²) in [6, 6.07) is 0. The van der Waals surface area contributed by atoms with Crippen molar-refractivity contribution in [1.82, 2.24) is 0 Å². The Labute approximate surface area is 101 Å². The minimum absolute atomic E-state index is 0. The second-order valence-electron chi connectivity index (χ2n) is 2.88. The molecule has 0 aromatic rings. The molecule has 0 aromatic carbocycles. The van der Waals surface area contributed by atoms with Crippen molar-refractivity contribution < 1.29 is 31.4 Å². The maximum Gasteiger partial charge on any atom is 0.106 e. The van der Waals surface area contributed by atoms with Crippen LogP contribution in [-0.4, -0.2) is 26.3 Å². The molecule has 0 N–H and O–H groups in total. The van der Waals surface area contributed by atoms with Crippen molar-refractivity contribution >= 4 is 13.6 Å². The number of ether oxygens (including phenoxy) is 1. The van der Waals surface area contributed by atoms with E-state index in [-0.39, 0.29) is 17.1 Å². The summed E-state index contributed by atoms with van der Waals surface area (Å²) < 4.78 is 5.53. The average Bonchev–Trinajstić information content (AvgIpc) is 2.96. The molecule has 1 aliphatic heterocycles. The van der Waals surface area contributed by atoms with Gasteiger partial charge in [0.15, 0.2) is 0 Å². The van der Waals surface area contributed by atoms with Gasteiger partial charge in [0.2, 0.25) is 0 Å². The first kappa shape index (κ1) is 16.7. The predicted octanol–water partition coefficient (Wildman–Crippen LogP) is 1.68. The van der Waals surface area contributed by atoms with Crippen molar-refractivity contribution in [2.45, 2.75) is 25.4 Å². The van der Waals surface area contributed by atoms with E-state index >= 15 is 0 Å². The zero-order valence-electron chi connectivity index (χ0n) is 8.65. The normalized spacial score (nSPS) is 21.3. The summed E-state index contributed by atoms with van der Waals surface area (Å²) in [7, 11) is 0. The van der Waals surface area contributed by atoms with Crippen LogP contribution >= 0.6 is 0 Å². The largest absolute Gasteiger partial charge is 0.374 e. The number of carbonyl (C=O) groups excluding carboxylic acids is 2. The van der Waals surface area contributed by atoms with E-state index in [1.54, 1.807) is 0 Å². The predicted molar refractivity (Wildman–Crippen MR) is 55.1 cm³/mol. The summed E-state index contributed by atoms with van der Waals surface area (Å²) >= 11 is 0. The van der Waals surface area contributed by atoms with Gasteiger partial charge in [-0.05, 0) is 24.8 Å². The first-order valence-electron chi connectivity index (χ1n) is 4.52. The molecule has 1 saturated heterocycles. The minimum atomic E-state index is 0. The molecule has 1 atom stereocenters. The van der Waals surface area contributed by atoms with Gasteiger partial charge in [0, 0.05) is 23.7 Å². The van der Waals surface area contributed by atoms with E-state index in [0.717, 1.165) is 13.0 Å². The Morgan fingerprint density at radius 1 is 1.27 bits per heavy atom. The van der Waals surface area contributed by atoms with Crippen molar-refractivity contribution in [2.24, 2.45) is 0 Å². The molecule has 3 nitrogen and oxygen atoms in total. The number of rotatable bonds is 1. The van der Waals surface area contributed by atoms with Crippen molar-refractivity contribution in [2.75, 3.05) is 6.61 Å². The van der Waals surface area contributed by atoms with Crippen LogP contribution in [0.5, 0.6) is 0 Å². The van der Waals surface area contributed by atoms with Crippen LogP contribution in [0.15, 0.2) is 23.8 Å². The fraction of sp³-hybridized carbons (Fsp3) is 0.455. The van der Waals surface area contributed by atoms with Crippen LogP contribution in [0, 0.1) is 0 Å². The molecule has 1 fully saturated rings. The van der Waals surface area contributed by atoms with E-state index in [2.05, 4.69) is 18.2 Å². The minimum Gasteiger partial charge on any atom is -0.374 e. The Balaban J connectivity index is 0. The zero-order valence-corrected chi connectivity index (χ0v) is 9.84. The molecule has 1 heterocycles. The SMILES string of the molecule is C1=CCC(C2CCCO2)=C1.C=O.C=O.[Mn]. The quantitative estimate of drug-likeness (QED) is 0.666. The fourth-order valence-electron chi connectivity index (χ4n) is 1.57. The van der Waals surface area contributed by atoms with Gasteiger partial charge in [0.1, 0.15) is 13.6 Å². The molecule has 0 amide bonds. The molecule has 0 aromatic heterocycles. The second-order valence-corrected chi connectivity index (χ2v) is 2.88. The summed E-state index contributed by atoms with van der Waals surface area (Å²) in [5.74, 6) is 0. The second kappa shape index (κ2) is 11.4.